The average Bonchev–Trinajstić information content (AvgIpc) is 2.48. The van der Waals surface area contributed by atoms with E-state index >= 15 is 0 Å². The second-order valence-electron chi connectivity index (χ2n) is 5.88. The van der Waals surface area contributed by atoms with Crippen LogP contribution >= 0.6 is 0 Å². The van der Waals surface area contributed by atoms with Crippen LogP contribution in [0.2, 0.25) is 0 Å². The van der Waals surface area contributed by atoms with E-state index < -0.39 is 0 Å². The van der Waals surface area contributed by atoms with Crippen LogP contribution in [0.15, 0.2) is 24.3 Å². The molecule has 3 nitrogen and oxygen atoms in total. The maximum Gasteiger partial charge on any atom is 0.124 e. The van der Waals surface area contributed by atoms with Crippen molar-refractivity contribution in [2.45, 2.75) is 51.7 Å². The summed E-state index contributed by atoms with van der Waals surface area (Å²) in [5, 5.41) is 3.46. The van der Waals surface area contributed by atoms with Gasteiger partial charge in [0.25, 0.3) is 0 Å². The molecule has 1 aliphatic carbocycles. The number of hydrogen-bond acceptors (Lipinski definition) is 3. The van der Waals surface area contributed by atoms with E-state index in [1.54, 1.807) is 0 Å². The Balaban J connectivity index is 1.94. The van der Waals surface area contributed by atoms with Gasteiger partial charge in [-0.2, -0.15) is 0 Å². The quantitative estimate of drug-likeness (QED) is 0.747. The first-order valence-electron chi connectivity index (χ1n) is 8.29. The first kappa shape index (κ1) is 16.3. The van der Waals surface area contributed by atoms with Crippen molar-refractivity contribution in [3.05, 3.63) is 29.8 Å². The largest absolute Gasteiger partial charge is 0.493 e. The van der Waals surface area contributed by atoms with E-state index in [0.29, 0.717) is 12.1 Å². The zero-order chi connectivity index (χ0) is 15.1. The third kappa shape index (κ3) is 4.45. The molecule has 0 amide bonds. The monoisotopic (exact) mass is 291 g/mol. The third-order valence-corrected chi connectivity index (χ3v) is 4.27. The van der Waals surface area contributed by atoms with Crippen LogP contribution in [-0.4, -0.2) is 26.4 Å². The second-order valence-corrected chi connectivity index (χ2v) is 5.88. The maximum absolute atomic E-state index is 5.90. The Hall–Kier alpha value is -1.06. The van der Waals surface area contributed by atoms with Crippen LogP contribution in [0.5, 0.6) is 5.75 Å². The van der Waals surface area contributed by atoms with Crippen LogP contribution in [0.3, 0.4) is 0 Å². The van der Waals surface area contributed by atoms with Crippen molar-refractivity contribution in [2.75, 3.05) is 20.3 Å². The first-order chi connectivity index (χ1) is 10.3. The molecule has 1 aliphatic rings. The highest BCUT2D eigenvalue weighted by atomic mass is 16.5. The van der Waals surface area contributed by atoms with Gasteiger partial charge in [-0.05, 0) is 51.6 Å². The molecule has 0 aliphatic heterocycles. The molecule has 0 aromatic heterocycles. The molecule has 0 bridgehead atoms. The normalized spacial score (nSPS) is 22.6. The molecule has 118 valence electrons. The smallest absolute Gasteiger partial charge is 0.124 e. The standard InChI is InChI=1S/C18H29NO2/c1-4-10-21-18-9-7-6-8-16(18)17(19-3)13-14-11-15(12-14)20-5-2/h6-9,14-15,17,19H,4-5,10-13H2,1-3H3. The minimum absolute atomic E-state index is 0.366. The SMILES string of the molecule is CCCOc1ccccc1C(CC1CC(OCC)C1)NC. The minimum atomic E-state index is 0.366. The van der Waals surface area contributed by atoms with Crippen molar-refractivity contribution >= 4 is 0 Å². The summed E-state index contributed by atoms with van der Waals surface area (Å²) >= 11 is 0. The lowest BCUT2D eigenvalue weighted by molar-refractivity contribution is -0.0290. The summed E-state index contributed by atoms with van der Waals surface area (Å²) in [5.41, 5.74) is 1.29. The van der Waals surface area contributed by atoms with Crippen LogP contribution < -0.4 is 10.1 Å². The number of nitrogens with one attached hydrogen (secondary N) is 1. The molecule has 1 saturated carbocycles. The van der Waals surface area contributed by atoms with E-state index in [4.69, 9.17) is 9.47 Å². The van der Waals surface area contributed by atoms with Gasteiger partial charge in [-0.25, -0.2) is 0 Å². The van der Waals surface area contributed by atoms with Gasteiger partial charge in [0.05, 0.1) is 12.7 Å². The van der Waals surface area contributed by atoms with Crippen molar-refractivity contribution in [2.24, 2.45) is 5.92 Å². The van der Waals surface area contributed by atoms with Gasteiger partial charge in [0.15, 0.2) is 0 Å². The summed E-state index contributed by atoms with van der Waals surface area (Å²) in [7, 11) is 2.04. The van der Waals surface area contributed by atoms with Crippen molar-refractivity contribution in [1.29, 1.82) is 0 Å². The molecule has 21 heavy (non-hydrogen) atoms. The van der Waals surface area contributed by atoms with Gasteiger partial charge < -0.3 is 14.8 Å². The molecule has 1 unspecified atom stereocenters. The minimum Gasteiger partial charge on any atom is -0.493 e. The van der Waals surface area contributed by atoms with E-state index in [1.165, 1.54) is 18.4 Å². The summed E-state index contributed by atoms with van der Waals surface area (Å²) in [5.74, 6) is 1.79. The Labute approximate surface area is 129 Å². The van der Waals surface area contributed by atoms with Crippen molar-refractivity contribution in [1.82, 2.24) is 5.32 Å². The molecule has 1 aromatic carbocycles. The maximum atomic E-state index is 5.90. The van der Waals surface area contributed by atoms with E-state index in [2.05, 4.69) is 43.4 Å². The highest BCUT2D eigenvalue weighted by Crippen LogP contribution is 2.38. The summed E-state index contributed by atoms with van der Waals surface area (Å²) in [4.78, 5) is 0. The van der Waals surface area contributed by atoms with Gasteiger partial charge in [0.1, 0.15) is 5.75 Å². The predicted molar refractivity (Wildman–Crippen MR) is 86.8 cm³/mol. The summed E-state index contributed by atoms with van der Waals surface area (Å²) in [6.45, 7) is 5.83. The van der Waals surface area contributed by atoms with Gasteiger partial charge in [0.2, 0.25) is 0 Å². The van der Waals surface area contributed by atoms with Crippen LogP contribution in [0.1, 0.15) is 51.1 Å². The Kier molecular flexibility index (Phi) is 6.52. The summed E-state index contributed by atoms with van der Waals surface area (Å²) < 4.78 is 11.6. The summed E-state index contributed by atoms with van der Waals surface area (Å²) in [6, 6.07) is 8.78. The van der Waals surface area contributed by atoms with E-state index in [9.17, 15) is 0 Å². The number of rotatable bonds is 9. The highest BCUT2D eigenvalue weighted by molar-refractivity contribution is 5.36. The molecule has 0 radical (unpaired) electrons. The summed E-state index contributed by atoms with van der Waals surface area (Å²) in [6.07, 6.45) is 5.08. The molecule has 1 fully saturated rings. The predicted octanol–water partition coefficient (Wildman–Crippen LogP) is 3.94. The number of benzene rings is 1. The lowest BCUT2D eigenvalue weighted by Gasteiger charge is -2.37. The fourth-order valence-electron chi connectivity index (χ4n) is 3.08. The molecule has 0 heterocycles. The van der Waals surface area contributed by atoms with Gasteiger partial charge >= 0.3 is 0 Å². The third-order valence-electron chi connectivity index (χ3n) is 4.27. The van der Waals surface area contributed by atoms with Crippen molar-refractivity contribution in [3.63, 3.8) is 0 Å². The van der Waals surface area contributed by atoms with Crippen LogP contribution in [-0.2, 0) is 4.74 Å². The fourth-order valence-corrected chi connectivity index (χ4v) is 3.08. The Morgan fingerprint density at radius 3 is 2.67 bits per heavy atom. The Morgan fingerprint density at radius 2 is 2.00 bits per heavy atom. The molecular formula is C18H29NO2. The molecule has 1 atom stereocenters. The van der Waals surface area contributed by atoms with Crippen LogP contribution in [0.4, 0.5) is 0 Å². The first-order valence-corrected chi connectivity index (χ1v) is 8.29. The topological polar surface area (TPSA) is 30.5 Å². The zero-order valence-electron chi connectivity index (χ0n) is 13.6. The van der Waals surface area contributed by atoms with E-state index in [0.717, 1.165) is 37.7 Å². The van der Waals surface area contributed by atoms with Crippen LogP contribution in [0.25, 0.3) is 0 Å². The Morgan fingerprint density at radius 1 is 1.24 bits per heavy atom. The molecule has 1 N–H and O–H groups in total. The molecule has 0 saturated heterocycles. The lowest BCUT2D eigenvalue weighted by atomic mass is 9.77. The van der Waals surface area contributed by atoms with Gasteiger partial charge in [-0.3, -0.25) is 0 Å². The van der Waals surface area contributed by atoms with Gasteiger partial charge in [-0.15, -0.1) is 0 Å². The van der Waals surface area contributed by atoms with E-state index in [-0.39, 0.29) is 0 Å². The molecule has 2 rings (SSSR count). The zero-order valence-corrected chi connectivity index (χ0v) is 13.6. The highest BCUT2D eigenvalue weighted by Gasteiger charge is 2.32. The molecule has 0 spiro atoms. The lowest BCUT2D eigenvalue weighted by Crippen LogP contribution is -2.34. The second kappa shape index (κ2) is 8.40. The fraction of sp³-hybridized carbons (Fsp3) is 0.667. The van der Waals surface area contributed by atoms with Gasteiger partial charge in [0, 0.05) is 18.2 Å². The average molecular weight is 291 g/mol. The molecule has 1 aromatic rings. The molecule has 3 heteroatoms. The number of hydrogen-bond donors (Lipinski definition) is 1. The van der Waals surface area contributed by atoms with Crippen LogP contribution in [0, 0.1) is 5.92 Å². The number of para-hydroxylation sites is 1. The molecular weight excluding hydrogens is 262 g/mol. The van der Waals surface area contributed by atoms with E-state index in [1.807, 2.05) is 7.05 Å². The van der Waals surface area contributed by atoms with Crippen molar-refractivity contribution < 1.29 is 9.47 Å². The Bertz CT molecular complexity index is 415. The number of ether oxygens (including phenoxy) is 2. The van der Waals surface area contributed by atoms with Gasteiger partial charge in [-0.1, -0.05) is 25.1 Å². The van der Waals surface area contributed by atoms with Crippen molar-refractivity contribution in [3.8, 4) is 5.75 Å².